The first-order valence-corrected chi connectivity index (χ1v) is 7.61. The molecule has 0 aliphatic heterocycles. The third-order valence-corrected chi connectivity index (χ3v) is 3.75. The van der Waals surface area contributed by atoms with Gasteiger partial charge in [-0.15, -0.1) is 11.8 Å². The number of carbonyl (C=O) groups is 1. The van der Waals surface area contributed by atoms with Crippen LogP contribution in [0.25, 0.3) is 0 Å². The third-order valence-electron chi connectivity index (χ3n) is 2.73. The number of hydrogen-bond donors (Lipinski definition) is 2. The minimum absolute atomic E-state index is 0.0578. The van der Waals surface area contributed by atoms with Crippen LogP contribution in [0, 0.1) is 0 Å². The molecule has 0 aliphatic rings. The van der Waals surface area contributed by atoms with E-state index in [1.807, 2.05) is 25.7 Å². The van der Waals surface area contributed by atoms with Crippen LogP contribution in [-0.2, 0) is 4.79 Å². The van der Waals surface area contributed by atoms with Crippen LogP contribution in [0.3, 0.4) is 0 Å². The fraction of sp³-hybridized carbons (Fsp3) is 0.533. The SMILES string of the molecule is CNCCC(=O)NC(C)c1ccc(SC(C)C)cc1. The van der Waals surface area contributed by atoms with Crippen molar-refractivity contribution in [3.8, 4) is 0 Å². The van der Waals surface area contributed by atoms with Crippen molar-refractivity contribution in [1.29, 1.82) is 0 Å². The van der Waals surface area contributed by atoms with E-state index in [1.165, 1.54) is 4.90 Å². The average molecular weight is 280 g/mol. The standard InChI is InChI=1S/C15H24N2OS/c1-11(2)19-14-7-5-13(6-8-14)12(3)17-15(18)9-10-16-4/h5-8,11-12,16H,9-10H2,1-4H3,(H,17,18). The Bertz CT molecular complexity index is 390. The van der Waals surface area contributed by atoms with Gasteiger partial charge < -0.3 is 10.6 Å². The van der Waals surface area contributed by atoms with E-state index in [0.717, 1.165) is 5.56 Å². The van der Waals surface area contributed by atoms with E-state index in [4.69, 9.17) is 0 Å². The zero-order chi connectivity index (χ0) is 14.3. The molecule has 0 radical (unpaired) electrons. The topological polar surface area (TPSA) is 41.1 Å². The summed E-state index contributed by atoms with van der Waals surface area (Å²) in [7, 11) is 1.85. The molecule has 0 bridgehead atoms. The first-order chi connectivity index (χ1) is 9.02. The number of amides is 1. The molecule has 1 unspecified atom stereocenters. The monoisotopic (exact) mass is 280 g/mol. The molecule has 0 aromatic heterocycles. The van der Waals surface area contributed by atoms with Gasteiger partial charge in [0, 0.05) is 23.1 Å². The maximum Gasteiger partial charge on any atom is 0.221 e. The van der Waals surface area contributed by atoms with Crippen molar-refractivity contribution in [3.05, 3.63) is 29.8 Å². The lowest BCUT2D eigenvalue weighted by Crippen LogP contribution is -2.29. The van der Waals surface area contributed by atoms with E-state index in [0.29, 0.717) is 18.2 Å². The fourth-order valence-electron chi connectivity index (χ4n) is 1.74. The van der Waals surface area contributed by atoms with Crippen molar-refractivity contribution in [2.45, 2.75) is 43.4 Å². The summed E-state index contributed by atoms with van der Waals surface area (Å²) in [6.07, 6.45) is 0.516. The van der Waals surface area contributed by atoms with Gasteiger partial charge in [0.2, 0.25) is 5.91 Å². The van der Waals surface area contributed by atoms with E-state index in [9.17, 15) is 4.79 Å². The van der Waals surface area contributed by atoms with E-state index < -0.39 is 0 Å². The Kier molecular flexibility index (Phi) is 6.95. The highest BCUT2D eigenvalue weighted by Crippen LogP contribution is 2.24. The van der Waals surface area contributed by atoms with Crippen molar-refractivity contribution in [3.63, 3.8) is 0 Å². The molecular weight excluding hydrogens is 256 g/mol. The maximum atomic E-state index is 11.6. The summed E-state index contributed by atoms with van der Waals surface area (Å²) in [5.74, 6) is 0.0856. The van der Waals surface area contributed by atoms with Gasteiger partial charge >= 0.3 is 0 Å². The number of carbonyl (C=O) groups excluding carboxylic acids is 1. The molecule has 3 nitrogen and oxygen atoms in total. The Labute approximate surface area is 120 Å². The second kappa shape index (κ2) is 8.23. The Balaban J connectivity index is 2.52. The van der Waals surface area contributed by atoms with Crippen molar-refractivity contribution in [2.24, 2.45) is 0 Å². The summed E-state index contributed by atoms with van der Waals surface area (Å²) in [6.45, 7) is 7.09. The maximum absolute atomic E-state index is 11.6. The van der Waals surface area contributed by atoms with Gasteiger partial charge in [-0.3, -0.25) is 4.79 Å². The molecule has 19 heavy (non-hydrogen) atoms. The molecule has 1 aromatic carbocycles. The van der Waals surface area contributed by atoms with Crippen molar-refractivity contribution < 1.29 is 4.79 Å². The van der Waals surface area contributed by atoms with Crippen LogP contribution in [0.5, 0.6) is 0 Å². The lowest BCUT2D eigenvalue weighted by molar-refractivity contribution is -0.121. The summed E-state index contributed by atoms with van der Waals surface area (Å²) in [5.41, 5.74) is 1.14. The highest BCUT2D eigenvalue weighted by Gasteiger charge is 2.09. The minimum Gasteiger partial charge on any atom is -0.350 e. The van der Waals surface area contributed by atoms with Crippen LogP contribution in [0.2, 0.25) is 0 Å². The molecule has 1 amide bonds. The average Bonchev–Trinajstić information content (AvgIpc) is 2.36. The zero-order valence-electron chi connectivity index (χ0n) is 12.2. The molecule has 0 aliphatic carbocycles. The van der Waals surface area contributed by atoms with Gasteiger partial charge in [-0.25, -0.2) is 0 Å². The largest absolute Gasteiger partial charge is 0.350 e. The predicted octanol–water partition coefficient (Wildman–Crippen LogP) is 2.97. The van der Waals surface area contributed by atoms with Crippen LogP contribution >= 0.6 is 11.8 Å². The van der Waals surface area contributed by atoms with E-state index >= 15 is 0 Å². The number of thioether (sulfide) groups is 1. The highest BCUT2D eigenvalue weighted by atomic mass is 32.2. The number of rotatable bonds is 7. The first-order valence-electron chi connectivity index (χ1n) is 6.73. The molecule has 0 fully saturated rings. The second-order valence-corrected chi connectivity index (χ2v) is 6.53. The van der Waals surface area contributed by atoms with Gasteiger partial charge in [-0.2, -0.15) is 0 Å². The summed E-state index contributed by atoms with van der Waals surface area (Å²) >= 11 is 1.85. The normalized spacial score (nSPS) is 12.5. The quantitative estimate of drug-likeness (QED) is 0.755. The minimum atomic E-state index is 0.0578. The van der Waals surface area contributed by atoms with Gasteiger partial charge in [-0.1, -0.05) is 26.0 Å². The molecule has 1 aromatic rings. The van der Waals surface area contributed by atoms with E-state index in [1.54, 1.807) is 0 Å². The van der Waals surface area contributed by atoms with Crippen LogP contribution < -0.4 is 10.6 Å². The number of benzene rings is 1. The highest BCUT2D eigenvalue weighted by molar-refractivity contribution is 7.99. The van der Waals surface area contributed by atoms with E-state index in [-0.39, 0.29) is 11.9 Å². The smallest absolute Gasteiger partial charge is 0.221 e. The lowest BCUT2D eigenvalue weighted by Gasteiger charge is -2.15. The molecule has 0 heterocycles. The van der Waals surface area contributed by atoms with Crippen molar-refractivity contribution >= 4 is 17.7 Å². The Hall–Kier alpha value is -1.00. The summed E-state index contributed by atoms with van der Waals surface area (Å²) in [5, 5.41) is 6.57. The second-order valence-electron chi connectivity index (χ2n) is 4.88. The molecule has 1 rings (SSSR count). The van der Waals surface area contributed by atoms with Crippen LogP contribution in [0.1, 0.15) is 38.8 Å². The molecule has 106 valence electrons. The zero-order valence-corrected chi connectivity index (χ0v) is 13.0. The number of nitrogens with one attached hydrogen (secondary N) is 2. The lowest BCUT2D eigenvalue weighted by atomic mass is 10.1. The fourth-order valence-corrected chi connectivity index (χ4v) is 2.58. The van der Waals surface area contributed by atoms with Crippen LogP contribution in [0.4, 0.5) is 0 Å². The van der Waals surface area contributed by atoms with Gasteiger partial charge in [0.1, 0.15) is 0 Å². The molecule has 1 atom stereocenters. The molecular formula is C15H24N2OS. The van der Waals surface area contributed by atoms with Crippen LogP contribution in [0.15, 0.2) is 29.2 Å². The van der Waals surface area contributed by atoms with Crippen molar-refractivity contribution in [2.75, 3.05) is 13.6 Å². The third kappa shape index (κ3) is 6.12. The summed E-state index contributed by atoms with van der Waals surface area (Å²) in [6, 6.07) is 8.48. The Morgan fingerprint density at radius 2 is 1.84 bits per heavy atom. The summed E-state index contributed by atoms with van der Waals surface area (Å²) in [4.78, 5) is 12.9. The molecule has 0 saturated heterocycles. The van der Waals surface area contributed by atoms with Crippen molar-refractivity contribution in [1.82, 2.24) is 10.6 Å². The Morgan fingerprint density at radius 3 is 2.37 bits per heavy atom. The van der Waals surface area contributed by atoms with Gasteiger partial charge in [0.05, 0.1) is 6.04 Å². The van der Waals surface area contributed by atoms with Gasteiger partial charge in [-0.05, 0) is 31.7 Å². The van der Waals surface area contributed by atoms with Gasteiger partial charge in [0.25, 0.3) is 0 Å². The summed E-state index contributed by atoms with van der Waals surface area (Å²) < 4.78 is 0. The molecule has 0 saturated carbocycles. The first kappa shape index (κ1) is 16.1. The van der Waals surface area contributed by atoms with E-state index in [2.05, 4.69) is 48.7 Å². The molecule has 4 heteroatoms. The van der Waals surface area contributed by atoms with Crippen LogP contribution in [-0.4, -0.2) is 24.7 Å². The Morgan fingerprint density at radius 1 is 1.21 bits per heavy atom. The molecule has 2 N–H and O–H groups in total. The number of hydrogen-bond acceptors (Lipinski definition) is 3. The predicted molar refractivity (Wildman–Crippen MR) is 82.5 cm³/mol. The molecule has 0 spiro atoms. The van der Waals surface area contributed by atoms with Gasteiger partial charge in [0.15, 0.2) is 0 Å².